The van der Waals surface area contributed by atoms with Crippen LogP contribution in [0.25, 0.3) is 0 Å². The molecule has 0 aliphatic carbocycles. The molecule has 1 N–H and O–H groups in total. The number of aromatic nitrogens is 2. The van der Waals surface area contributed by atoms with Crippen LogP contribution in [0.4, 0.5) is 10.6 Å². The van der Waals surface area contributed by atoms with Gasteiger partial charge in [-0.1, -0.05) is 48.9 Å². The van der Waals surface area contributed by atoms with Gasteiger partial charge in [0.05, 0.1) is 23.7 Å². The van der Waals surface area contributed by atoms with Crippen molar-refractivity contribution in [3.63, 3.8) is 0 Å². The van der Waals surface area contributed by atoms with E-state index in [-0.39, 0.29) is 29.5 Å². The largest absolute Gasteiger partial charge is 0.444 e. The Kier molecular flexibility index (Phi) is 7.97. The van der Waals surface area contributed by atoms with E-state index in [4.69, 9.17) is 21.1 Å². The summed E-state index contributed by atoms with van der Waals surface area (Å²) in [6, 6.07) is 11.3. The minimum atomic E-state index is -1.18. The minimum Gasteiger partial charge on any atom is -0.444 e. The average molecular weight is 540 g/mol. The van der Waals surface area contributed by atoms with Crippen LogP contribution in [0.15, 0.2) is 40.9 Å². The lowest BCUT2D eigenvalue weighted by Gasteiger charge is -2.36. The molecular weight excluding hydrogens is 512 g/mol. The van der Waals surface area contributed by atoms with Gasteiger partial charge >= 0.3 is 6.09 Å². The van der Waals surface area contributed by atoms with Crippen molar-refractivity contribution in [2.24, 2.45) is 0 Å². The van der Waals surface area contributed by atoms with Gasteiger partial charge in [0.15, 0.2) is 11.0 Å². The Morgan fingerprint density at radius 3 is 2.58 bits per heavy atom. The minimum absolute atomic E-state index is 0.190. The lowest BCUT2D eigenvalue weighted by atomic mass is 9.91. The van der Waals surface area contributed by atoms with Gasteiger partial charge in [-0.3, -0.25) is 9.69 Å². The van der Waals surface area contributed by atoms with E-state index in [0.29, 0.717) is 23.9 Å². The second-order valence-corrected chi connectivity index (χ2v) is 10.2. The molecule has 10 heteroatoms. The zero-order valence-corrected chi connectivity index (χ0v) is 21.4. The Balaban J connectivity index is 1.85. The first-order valence-corrected chi connectivity index (χ1v) is 11.9. The molecule has 2 heterocycles. The van der Waals surface area contributed by atoms with Gasteiger partial charge in [0.25, 0.3) is 5.91 Å². The zero-order chi connectivity index (χ0) is 24.2. The second-order valence-electron chi connectivity index (χ2n) is 8.92. The summed E-state index contributed by atoms with van der Waals surface area (Å²) >= 11 is 9.20. The van der Waals surface area contributed by atoms with E-state index in [9.17, 15) is 9.59 Å². The molecule has 2 atom stereocenters. The van der Waals surface area contributed by atoms with Gasteiger partial charge in [-0.15, -0.1) is 10.2 Å². The van der Waals surface area contributed by atoms with E-state index in [1.165, 1.54) is 11.0 Å². The first-order valence-electron chi connectivity index (χ1n) is 10.7. The molecule has 2 amide bonds. The number of hydrogen-bond acceptors (Lipinski definition) is 6. The monoisotopic (exact) mass is 538 g/mol. The van der Waals surface area contributed by atoms with Gasteiger partial charge in [-0.2, -0.15) is 0 Å². The summed E-state index contributed by atoms with van der Waals surface area (Å²) in [5, 5.41) is 10.7. The Labute approximate surface area is 207 Å². The molecular formula is C23H28BrClN4O4. The third-order valence-corrected chi connectivity index (χ3v) is 6.16. The molecule has 1 aliphatic rings. The van der Waals surface area contributed by atoms with Crippen molar-refractivity contribution in [3.8, 4) is 0 Å². The first kappa shape index (κ1) is 25.4. The van der Waals surface area contributed by atoms with Crippen molar-refractivity contribution in [1.82, 2.24) is 15.1 Å². The Hall–Kier alpha value is -2.23. The highest BCUT2D eigenvalue weighted by Gasteiger charge is 2.54. The summed E-state index contributed by atoms with van der Waals surface area (Å²) < 4.78 is 12.2. The van der Waals surface area contributed by atoms with Crippen LogP contribution in [0.3, 0.4) is 0 Å². The summed E-state index contributed by atoms with van der Waals surface area (Å²) in [6.07, 6.45) is -0.225. The number of hydrogen-bond donors (Lipinski definition) is 1. The number of amides is 2. The van der Waals surface area contributed by atoms with Crippen molar-refractivity contribution in [2.75, 3.05) is 11.9 Å². The molecule has 2 aromatic rings. The fraction of sp³-hybridized carbons (Fsp3) is 0.478. The number of ether oxygens (including phenoxy) is 2. The predicted molar refractivity (Wildman–Crippen MR) is 129 cm³/mol. The number of anilines is 1. The lowest BCUT2D eigenvalue weighted by molar-refractivity contribution is -0.126. The Morgan fingerprint density at radius 1 is 1.27 bits per heavy atom. The second kappa shape index (κ2) is 10.4. The smallest absolute Gasteiger partial charge is 0.411 e. The topological polar surface area (TPSA) is 93.6 Å². The quantitative estimate of drug-likeness (QED) is 0.542. The number of nitrogens with zero attached hydrogens (tertiary/aromatic N) is 3. The van der Waals surface area contributed by atoms with Crippen LogP contribution in [0.1, 0.15) is 46.1 Å². The average Bonchev–Trinajstić information content (AvgIpc) is 3.14. The SMILES string of the molecule is CC[C@]1(C(=O)Nc2nnc(Cl)cc2Br)C[C@@H](OCc2ccccc2)CN1C(=O)OC(C)(C)C. The number of carbonyl (C=O) groups excluding carboxylic acids is 2. The molecule has 0 bridgehead atoms. The van der Waals surface area contributed by atoms with E-state index in [0.717, 1.165) is 5.56 Å². The van der Waals surface area contributed by atoms with Crippen LogP contribution in [-0.2, 0) is 20.9 Å². The molecule has 1 fully saturated rings. The van der Waals surface area contributed by atoms with E-state index < -0.39 is 17.2 Å². The highest BCUT2D eigenvalue weighted by molar-refractivity contribution is 9.10. The van der Waals surface area contributed by atoms with Crippen LogP contribution in [-0.4, -0.2) is 50.9 Å². The van der Waals surface area contributed by atoms with Gasteiger partial charge in [0, 0.05) is 6.42 Å². The molecule has 1 aromatic carbocycles. The summed E-state index contributed by atoms with van der Waals surface area (Å²) in [6.45, 7) is 7.84. The van der Waals surface area contributed by atoms with Crippen molar-refractivity contribution in [2.45, 2.75) is 64.4 Å². The van der Waals surface area contributed by atoms with E-state index in [1.54, 1.807) is 20.8 Å². The van der Waals surface area contributed by atoms with Crippen molar-refractivity contribution in [1.29, 1.82) is 0 Å². The van der Waals surface area contributed by atoms with Crippen LogP contribution in [0.2, 0.25) is 5.15 Å². The maximum absolute atomic E-state index is 13.6. The molecule has 0 saturated carbocycles. The molecule has 0 spiro atoms. The number of nitrogens with one attached hydrogen (secondary N) is 1. The summed E-state index contributed by atoms with van der Waals surface area (Å²) in [5.41, 5.74) is -0.870. The Bertz CT molecular complexity index is 1000. The van der Waals surface area contributed by atoms with E-state index >= 15 is 0 Å². The highest BCUT2D eigenvalue weighted by Crippen LogP contribution is 2.37. The molecule has 3 rings (SSSR count). The van der Waals surface area contributed by atoms with Gasteiger partial charge in [-0.05, 0) is 54.8 Å². The summed E-state index contributed by atoms with van der Waals surface area (Å²) in [5.74, 6) is -0.172. The molecule has 33 heavy (non-hydrogen) atoms. The van der Waals surface area contributed by atoms with Gasteiger partial charge in [0.1, 0.15) is 11.1 Å². The Morgan fingerprint density at radius 2 is 1.97 bits per heavy atom. The lowest BCUT2D eigenvalue weighted by Crippen LogP contribution is -2.56. The van der Waals surface area contributed by atoms with Crippen molar-refractivity contribution in [3.05, 3.63) is 51.6 Å². The third kappa shape index (κ3) is 6.22. The number of rotatable bonds is 6. The van der Waals surface area contributed by atoms with Gasteiger partial charge in [-0.25, -0.2) is 4.79 Å². The number of likely N-dealkylation sites (tertiary alicyclic amines) is 1. The first-order chi connectivity index (χ1) is 15.5. The summed E-state index contributed by atoms with van der Waals surface area (Å²) in [4.78, 5) is 28.2. The molecule has 0 unspecified atom stereocenters. The zero-order valence-electron chi connectivity index (χ0n) is 19.1. The molecule has 178 valence electrons. The number of benzene rings is 1. The maximum atomic E-state index is 13.6. The molecule has 8 nitrogen and oxygen atoms in total. The van der Waals surface area contributed by atoms with Gasteiger partial charge in [0.2, 0.25) is 0 Å². The standard InChI is InChI=1S/C23H28BrClN4O4/c1-5-23(20(30)26-19-17(24)11-18(25)27-28-19)12-16(32-14-15-9-7-6-8-10-15)13-29(23)21(31)33-22(2,3)4/h6-11,16H,5,12-14H2,1-4H3,(H,26,28,30)/t16-,23-/m1/s1. The highest BCUT2D eigenvalue weighted by atomic mass is 79.9. The molecule has 1 aliphatic heterocycles. The van der Waals surface area contributed by atoms with Crippen LogP contribution >= 0.6 is 27.5 Å². The summed E-state index contributed by atoms with van der Waals surface area (Å²) in [7, 11) is 0. The predicted octanol–water partition coefficient (Wildman–Crippen LogP) is 5.21. The van der Waals surface area contributed by atoms with Crippen LogP contribution in [0.5, 0.6) is 0 Å². The number of carbonyl (C=O) groups is 2. The molecule has 0 radical (unpaired) electrons. The third-order valence-electron chi connectivity index (χ3n) is 5.37. The van der Waals surface area contributed by atoms with Crippen LogP contribution < -0.4 is 5.32 Å². The fourth-order valence-corrected chi connectivity index (χ4v) is 4.44. The fourth-order valence-electron chi connectivity index (χ4n) is 3.76. The van der Waals surface area contributed by atoms with E-state index in [2.05, 4.69) is 31.4 Å². The normalized spacial score (nSPS) is 20.5. The maximum Gasteiger partial charge on any atom is 0.411 e. The van der Waals surface area contributed by atoms with E-state index in [1.807, 2.05) is 37.3 Å². The van der Waals surface area contributed by atoms with Crippen LogP contribution in [0, 0.1) is 0 Å². The van der Waals surface area contributed by atoms with Crippen molar-refractivity contribution < 1.29 is 19.1 Å². The van der Waals surface area contributed by atoms with Gasteiger partial charge < -0.3 is 14.8 Å². The van der Waals surface area contributed by atoms with Crippen molar-refractivity contribution >= 4 is 45.3 Å². The molecule has 1 aromatic heterocycles. The molecule has 1 saturated heterocycles. The number of halogens is 2.